The molecule has 4 rings (SSSR count). The zero-order valence-corrected chi connectivity index (χ0v) is 14.7. The summed E-state index contributed by atoms with van der Waals surface area (Å²) in [5.41, 5.74) is 2.46. The van der Waals surface area contributed by atoms with E-state index in [2.05, 4.69) is 0 Å². The molecule has 2 aliphatic rings. The van der Waals surface area contributed by atoms with Gasteiger partial charge in [-0.3, -0.25) is 19.7 Å². The van der Waals surface area contributed by atoms with E-state index in [1.165, 1.54) is 12.1 Å². The van der Waals surface area contributed by atoms with Crippen LogP contribution in [0.25, 0.3) is 0 Å². The second-order valence-corrected chi connectivity index (χ2v) is 6.87. The highest BCUT2D eigenvalue weighted by atomic mass is 16.6. The van der Waals surface area contributed by atoms with Gasteiger partial charge in [0.15, 0.2) is 0 Å². The Morgan fingerprint density at radius 2 is 1.93 bits per heavy atom. The van der Waals surface area contributed by atoms with E-state index in [0.29, 0.717) is 38.0 Å². The van der Waals surface area contributed by atoms with E-state index < -0.39 is 11.0 Å². The van der Waals surface area contributed by atoms with Gasteiger partial charge in [0.1, 0.15) is 6.04 Å². The van der Waals surface area contributed by atoms with E-state index in [0.717, 1.165) is 11.1 Å². The fraction of sp³-hybridized carbons (Fsp3) is 0.300. The minimum absolute atomic E-state index is 0.0305. The minimum atomic E-state index is -0.525. The van der Waals surface area contributed by atoms with Crippen molar-refractivity contribution in [1.29, 1.82) is 0 Å². The smallest absolute Gasteiger partial charge is 0.271 e. The minimum Gasteiger partial charge on any atom is -0.326 e. The fourth-order valence-electron chi connectivity index (χ4n) is 3.86. The highest BCUT2D eigenvalue weighted by Crippen LogP contribution is 2.34. The summed E-state index contributed by atoms with van der Waals surface area (Å²) in [4.78, 5) is 39.4. The molecule has 0 radical (unpaired) electrons. The first-order chi connectivity index (χ1) is 13.0. The number of carbonyl (C=O) groups is 2. The molecule has 0 saturated carbocycles. The number of likely N-dealkylation sites (tertiary alicyclic amines) is 1. The Kier molecular flexibility index (Phi) is 4.35. The van der Waals surface area contributed by atoms with Crippen molar-refractivity contribution < 1.29 is 14.5 Å². The van der Waals surface area contributed by atoms with Crippen LogP contribution in [0.3, 0.4) is 0 Å². The molecule has 2 aromatic rings. The summed E-state index contributed by atoms with van der Waals surface area (Å²) in [6.45, 7) is 0.880. The van der Waals surface area contributed by atoms with Gasteiger partial charge in [-0.1, -0.05) is 36.4 Å². The number of nitro groups is 1. The van der Waals surface area contributed by atoms with Crippen molar-refractivity contribution in [3.63, 3.8) is 0 Å². The van der Waals surface area contributed by atoms with Crippen LogP contribution in [0.15, 0.2) is 48.5 Å². The summed E-state index contributed by atoms with van der Waals surface area (Å²) in [6, 6.07) is 13.7. The molecule has 0 aliphatic carbocycles. The maximum Gasteiger partial charge on any atom is 0.271 e. The first-order valence-electron chi connectivity index (χ1n) is 8.96. The van der Waals surface area contributed by atoms with Crippen molar-refractivity contribution in [2.75, 3.05) is 11.4 Å². The third-order valence-electron chi connectivity index (χ3n) is 5.25. The molecule has 0 bridgehead atoms. The molecule has 0 aromatic heterocycles. The van der Waals surface area contributed by atoms with Crippen molar-refractivity contribution in [1.82, 2.24) is 4.90 Å². The van der Waals surface area contributed by atoms with Crippen LogP contribution in [0, 0.1) is 10.1 Å². The quantitative estimate of drug-likeness (QED) is 0.616. The lowest BCUT2D eigenvalue weighted by molar-refractivity contribution is -0.384. The summed E-state index contributed by atoms with van der Waals surface area (Å²) >= 11 is 0. The number of rotatable bonds is 4. The first-order valence-corrected chi connectivity index (χ1v) is 8.96. The Hall–Kier alpha value is -3.22. The number of benzene rings is 2. The van der Waals surface area contributed by atoms with Crippen molar-refractivity contribution >= 4 is 23.2 Å². The molecule has 2 heterocycles. The van der Waals surface area contributed by atoms with E-state index in [1.54, 1.807) is 15.9 Å². The zero-order valence-electron chi connectivity index (χ0n) is 14.7. The van der Waals surface area contributed by atoms with Crippen molar-refractivity contribution in [3.05, 3.63) is 69.8 Å². The number of hydrogen-bond acceptors (Lipinski definition) is 4. The summed E-state index contributed by atoms with van der Waals surface area (Å²) in [5, 5.41) is 11.1. The predicted octanol–water partition coefficient (Wildman–Crippen LogP) is 2.68. The Labute approximate surface area is 156 Å². The second kappa shape index (κ2) is 6.83. The molecule has 1 saturated heterocycles. The zero-order chi connectivity index (χ0) is 19.0. The van der Waals surface area contributed by atoms with E-state index in [4.69, 9.17) is 0 Å². The molecule has 2 amide bonds. The molecule has 2 aliphatic heterocycles. The molecule has 27 heavy (non-hydrogen) atoms. The van der Waals surface area contributed by atoms with E-state index in [1.807, 2.05) is 30.3 Å². The SMILES string of the molecule is O=C(C1CCC(=O)N1Cc1ccccc1)N1CCc2ccc([N+](=O)[O-])cc21. The predicted molar refractivity (Wildman–Crippen MR) is 99.2 cm³/mol. The topological polar surface area (TPSA) is 83.8 Å². The van der Waals surface area contributed by atoms with Crippen molar-refractivity contribution in [2.24, 2.45) is 0 Å². The summed E-state index contributed by atoms with van der Waals surface area (Å²) in [5.74, 6) is -0.188. The van der Waals surface area contributed by atoms with Gasteiger partial charge in [0.2, 0.25) is 11.8 Å². The molecule has 1 unspecified atom stereocenters. The van der Waals surface area contributed by atoms with Gasteiger partial charge in [0, 0.05) is 31.6 Å². The third kappa shape index (κ3) is 3.16. The Morgan fingerprint density at radius 3 is 2.67 bits per heavy atom. The monoisotopic (exact) mass is 365 g/mol. The summed E-state index contributed by atoms with van der Waals surface area (Å²) in [6.07, 6.45) is 1.49. The van der Waals surface area contributed by atoms with Crippen LogP contribution >= 0.6 is 0 Å². The van der Waals surface area contributed by atoms with Gasteiger partial charge in [-0.15, -0.1) is 0 Å². The standard InChI is InChI=1S/C20H19N3O4/c24-19-9-8-17(22(19)13-14-4-2-1-3-5-14)20(25)21-11-10-15-6-7-16(23(26)27)12-18(15)21/h1-7,12,17H,8-11,13H2. The lowest BCUT2D eigenvalue weighted by atomic mass is 10.1. The van der Waals surface area contributed by atoms with Gasteiger partial charge in [-0.25, -0.2) is 0 Å². The third-order valence-corrected chi connectivity index (χ3v) is 5.25. The summed E-state index contributed by atoms with van der Waals surface area (Å²) < 4.78 is 0. The molecule has 7 heteroatoms. The van der Waals surface area contributed by atoms with Gasteiger partial charge in [-0.05, 0) is 24.0 Å². The molecule has 1 atom stereocenters. The van der Waals surface area contributed by atoms with Crippen LogP contribution < -0.4 is 4.90 Å². The molecular formula is C20H19N3O4. The number of hydrogen-bond donors (Lipinski definition) is 0. The lowest BCUT2D eigenvalue weighted by Crippen LogP contribution is -2.46. The molecular weight excluding hydrogens is 346 g/mol. The number of amides is 2. The van der Waals surface area contributed by atoms with Gasteiger partial charge in [0.25, 0.3) is 5.69 Å². The van der Waals surface area contributed by atoms with Crippen LogP contribution in [-0.2, 0) is 22.6 Å². The van der Waals surface area contributed by atoms with Crippen LogP contribution in [0.5, 0.6) is 0 Å². The van der Waals surface area contributed by atoms with E-state index in [-0.39, 0.29) is 17.5 Å². The number of fused-ring (bicyclic) bond motifs is 1. The van der Waals surface area contributed by atoms with E-state index in [9.17, 15) is 19.7 Å². The number of carbonyl (C=O) groups excluding carboxylic acids is 2. The van der Waals surface area contributed by atoms with Gasteiger partial charge in [0.05, 0.1) is 10.6 Å². The average Bonchev–Trinajstić information content (AvgIpc) is 3.25. The van der Waals surface area contributed by atoms with Gasteiger partial charge in [-0.2, -0.15) is 0 Å². The maximum absolute atomic E-state index is 13.2. The van der Waals surface area contributed by atoms with Crippen LogP contribution in [-0.4, -0.2) is 34.2 Å². The van der Waals surface area contributed by atoms with Crippen LogP contribution in [0.4, 0.5) is 11.4 Å². The van der Waals surface area contributed by atoms with Gasteiger partial charge < -0.3 is 9.80 Å². The highest BCUT2D eigenvalue weighted by Gasteiger charge is 2.40. The second-order valence-electron chi connectivity index (χ2n) is 6.87. The van der Waals surface area contributed by atoms with Crippen molar-refractivity contribution in [2.45, 2.75) is 31.8 Å². The lowest BCUT2D eigenvalue weighted by Gasteiger charge is -2.28. The molecule has 0 N–H and O–H groups in total. The first kappa shape index (κ1) is 17.2. The molecule has 2 aromatic carbocycles. The fourth-order valence-corrected chi connectivity index (χ4v) is 3.86. The number of nitrogens with zero attached hydrogens (tertiary/aromatic N) is 3. The molecule has 0 spiro atoms. The Morgan fingerprint density at radius 1 is 1.15 bits per heavy atom. The van der Waals surface area contributed by atoms with Gasteiger partial charge >= 0.3 is 0 Å². The Bertz CT molecular complexity index is 913. The highest BCUT2D eigenvalue weighted by molar-refractivity contribution is 6.02. The van der Waals surface area contributed by atoms with Crippen LogP contribution in [0.2, 0.25) is 0 Å². The number of non-ortho nitro benzene ring substituents is 1. The molecule has 7 nitrogen and oxygen atoms in total. The van der Waals surface area contributed by atoms with Crippen LogP contribution in [0.1, 0.15) is 24.0 Å². The average molecular weight is 365 g/mol. The van der Waals surface area contributed by atoms with E-state index >= 15 is 0 Å². The molecule has 138 valence electrons. The maximum atomic E-state index is 13.2. The number of nitro benzene ring substituents is 1. The van der Waals surface area contributed by atoms with Crippen molar-refractivity contribution in [3.8, 4) is 0 Å². The normalized spacial score (nSPS) is 18.7. The summed E-state index contributed by atoms with van der Waals surface area (Å²) in [7, 11) is 0. The number of anilines is 1. The Balaban J connectivity index is 1.59. The molecule has 1 fully saturated rings. The largest absolute Gasteiger partial charge is 0.326 e.